The van der Waals surface area contributed by atoms with E-state index in [4.69, 9.17) is 10.1 Å². The number of esters is 1. The van der Waals surface area contributed by atoms with Gasteiger partial charge in [0.05, 0.1) is 20.3 Å². The molecule has 1 heterocycles. The van der Waals surface area contributed by atoms with Crippen LogP contribution in [0.5, 0.6) is 0 Å². The number of piperazine rings is 1. The van der Waals surface area contributed by atoms with Gasteiger partial charge in [0.15, 0.2) is 0 Å². The number of anilines is 1. The molecule has 0 atom stereocenters. The van der Waals surface area contributed by atoms with Crippen LogP contribution in [0.4, 0.5) is 10.5 Å². The summed E-state index contributed by atoms with van der Waals surface area (Å²) >= 11 is 0. The van der Waals surface area contributed by atoms with Crippen molar-refractivity contribution in [1.29, 1.82) is 5.41 Å². The molecule has 0 radical (unpaired) electrons. The summed E-state index contributed by atoms with van der Waals surface area (Å²) in [5, 5.41) is 12.9. The first-order valence-corrected chi connectivity index (χ1v) is 9.85. The highest BCUT2D eigenvalue weighted by Gasteiger charge is 2.19. The van der Waals surface area contributed by atoms with Crippen LogP contribution in [0, 0.1) is 5.41 Å². The average molecular weight is 419 g/mol. The minimum atomic E-state index is -0.709. The zero-order valence-corrected chi connectivity index (χ0v) is 17.4. The fourth-order valence-electron chi connectivity index (χ4n) is 2.99. The molecule has 0 saturated carbocycles. The zero-order chi connectivity index (χ0) is 21.9. The highest BCUT2D eigenvalue weighted by molar-refractivity contribution is 6.04. The highest BCUT2D eigenvalue weighted by atomic mass is 16.5. The van der Waals surface area contributed by atoms with E-state index in [1.54, 1.807) is 31.2 Å². The number of rotatable bonds is 8. The Bertz CT molecular complexity index is 744. The van der Waals surface area contributed by atoms with Crippen LogP contribution < -0.4 is 10.6 Å². The number of hydrogen-bond donors (Lipinski definition) is 3. The molecule has 164 valence electrons. The summed E-state index contributed by atoms with van der Waals surface area (Å²) in [7, 11) is 1.23. The van der Waals surface area contributed by atoms with Crippen molar-refractivity contribution in [2.24, 2.45) is 0 Å². The fourth-order valence-corrected chi connectivity index (χ4v) is 2.99. The Labute approximate surface area is 176 Å². The van der Waals surface area contributed by atoms with Crippen molar-refractivity contribution in [1.82, 2.24) is 15.1 Å². The van der Waals surface area contributed by atoms with E-state index in [2.05, 4.69) is 25.2 Å². The minimum Gasteiger partial charge on any atom is -0.465 e. The maximum absolute atomic E-state index is 12.2. The predicted octanol–water partition coefficient (Wildman–Crippen LogP) is 0.877. The van der Waals surface area contributed by atoms with Gasteiger partial charge in [-0.25, -0.2) is 4.79 Å². The lowest BCUT2D eigenvalue weighted by Gasteiger charge is -2.33. The molecular formula is C20H29N5O5. The molecule has 0 unspecified atom stereocenters. The van der Waals surface area contributed by atoms with Crippen LogP contribution in [-0.4, -0.2) is 86.6 Å². The molecule has 0 aliphatic carbocycles. The molecule has 1 aromatic rings. The molecule has 1 fully saturated rings. The predicted molar refractivity (Wildman–Crippen MR) is 112 cm³/mol. The van der Waals surface area contributed by atoms with E-state index in [1.807, 2.05) is 0 Å². The molecule has 10 heteroatoms. The van der Waals surface area contributed by atoms with Crippen molar-refractivity contribution >= 4 is 29.5 Å². The Morgan fingerprint density at radius 3 is 2.30 bits per heavy atom. The van der Waals surface area contributed by atoms with Crippen molar-refractivity contribution in [2.75, 3.05) is 58.3 Å². The molecule has 0 aromatic heterocycles. The number of nitrogens with zero attached hydrogens (tertiary/aromatic N) is 2. The van der Waals surface area contributed by atoms with Gasteiger partial charge in [-0.2, -0.15) is 0 Å². The number of benzene rings is 1. The van der Waals surface area contributed by atoms with Crippen molar-refractivity contribution in [3.05, 3.63) is 29.8 Å². The molecular weight excluding hydrogens is 390 g/mol. The number of ether oxygens (including phenoxy) is 2. The average Bonchev–Trinajstić information content (AvgIpc) is 2.73. The summed E-state index contributed by atoms with van der Waals surface area (Å²) in [6.45, 7) is 6.29. The molecule has 2 rings (SSSR count). The van der Waals surface area contributed by atoms with Crippen LogP contribution in [0.1, 0.15) is 18.9 Å². The molecule has 3 N–H and O–H groups in total. The van der Waals surface area contributed by atoms with Crippen molar-refractivity contribution < 1.29 is 23.9 Å². The van der Waals surface area contributed by atoms with E-state index < -0.39 is 6.09 Å². The molecule has 1 aliphatic heterocycles. The molecule has 1 aromatic carbocycles. The van der Waals surface area contributed by atoms with Crippen LogP contribution in [0.2, 0.25) is 0 Å². The van der Waals surface area contributed by atoms with Crippen LogP contribution in [-0.2, 0) is 19.1 Å². The normalized spacial score (nSPS) is 14.6. The third-order valence-electron chi connectivity index (χ3n) is 4.65. The van der Waals surface area contributed by atoms with Crippen molar-refractivity contribution in [2.45, 2.75) is 13.3 Å². The van der Waals surface area contributed by atoms with Gasteiger partial charge in [0, 0.05) is 50.4 Å². The SMILES string of the molecule is CCOC(=O)CN1CCN(CCC(=O)Nc2ccc(C(=N)NC(=O)OC)cc2)CC1. The number of amides is 2. The summed E-state index contributed by atoms with van der Waals surface area (Å²) in [5.41, 5.74) is 1.12. The fraction of sp³-hybridized carbons (Fsp3) is 0.500. The summed E-state index contributed by atoms with van der Waals surface area (Å²) in [6.07, 6.45) is -0.349. The lowest BCUT2D eigenvalue weighted by Crippen LogP contribution is -2.48. The van der Waals surface area contributed by atoms with E-state index in [1.165, 1.54) is 7.11 Å². The third kappa shape index (κ3) is 7.80. The van der Waals surface area contributed by atoms with Crippen LogP contribution in [0.15, 0.2) is 24.3 Å². The molecule has 0 spiro atoms. The van der Waals surface area contributed by atoms with Gasteiger partial charge in [-0.15, -0.1) is 0 Å². The van der Waals surface area contributed by atoms with Gasteiger partial charge in [0.25, 0.3) is 0 Å². The lowest BCUT2D eigenvalue weighted by atomic mass is 10.2. The number of methoxy groups -OCH3 is 1. The Morgan fingerprint density at radius 2 is 1.70 bits per heavy atom. The Kier molecular flexibility index (Phi) is 9.23. The molecule has 1 saturated heterocycles. The minimum absolute atomic E-state index is 0.0816. The monoisotopic (exact) mass is 419 g/mol. The maximum Gasteiger partial charge on any atom is 0.412 e. The number of nitrogens with one attached hydrogen (secondary N) is 3. The van der Waals surface area contributed by atoms with Crippen LogP contribution in [0.3, 0.4) is 0 Å². The number of alkyl carbamates (subject to hydrolysis) is 1. The van der Waals surface area contributed by atoms with Gasteiger partial charge in [-0.3, -0.25) is 25.2 Å². The second-order valence-corrected chi connectivity index (χ2v) is 6.79. The van der Waals surface area contributed by atoms with E-state index >= 15 is 0 Å². The quantitative estimate of drug-likeness (QED) is 0.325. The smallest absolute Gasteiger partial charge is 0.412 e. The van der Waals surface area contributed by atoms with Gasteiger partial charge in [-0.1, -0.05) is 0 Å². The molecule has 30 heavy (non-hydrogen) atoms. The van der Waals surface area contributed by atoms with Crippen molar-refractivity contribution in [3.8, 4) is 0 Å². The largest absolute Gasteiger partial charge is 0.465 e. The Morgan fingerprint density at radius 1 is 1.07 bits per heavy atom. The highest BCUT2D eigenvalue weighted by Crippen LogP contribution is 2.11. The van der Waals surface area contributed by atoms with Gasteiger partial charge >= 0.3 is 12.1 Å². The first-order chi connectivity index (χ1) is 14.4. The standard InChI is InChI=1S/C20H29N5O5/c1-3-30-18(27)14-25-12-10-24(11-13-25)9-8-17(26)22-16-6-4-15(5-7-16)19(21)23-20(28)29-2/h4-7H,3,8-14H2,1-2H3,(H,22,26)(H2,21,23,28). The third-order valence-corrected chi connectivity index (χ3v) is 4.65. The molecule has 10 nitrogen and oxygen atoms in total. The number of amidine groups is 1. The van der Waals surface area contributed by atoms with E-state index in [-0.39, 0.29) is 17.7 Å². The first kappa shape index (κ1) is 23.3. The number of hydrogen-bond acceptors (Lipinski definition) is 8. The maximum atomic E-state index is 12.2. The Hall–Kier alpha value is -2.98. The number of carbonyl (C=O) groups excluding carboxylic acids is 3. The molecule has 0 bridgehead atoms. The van der Waals surface area contributed by atoms with Gasteiger partial charge in [-0.05, 0) is 31.2 Å². The summed E-state index contributed by atoms with van der Waals surface area (Å²) in [5.74, 6) is -0.381. The van der Waals surface area contributed by atoms with Gasteiger partial charge in [0.2, 0.25) is 5.91 Å². The summed E-state index contributed by atoms with van der Waals surface area (Å²) in [4.78, 5) is 39.1. The van der Waals surface area contributed by atoms with Crippen LogP contribution in [0.25, 0.3) is 0 Å². The van der Waals surface area contributed by atoms with Crippen molar-refractivity contribution in [3.63, 3.8) is 0 Å². The van der Waals surface area contributed by atoms with Gasteiger partial charge in [0.1, 0.15) is 5.84 Å². The van der Waals surface area contributed by atoms with E-state index in [0.29, 0.717) is 37.4 Å². The van der Waals surface area contributed by atoms with E-state index in [0.717, 1.165) is 26.2 Å². The van der Waals surface area contributed by atoms with Gasteiger partial charge < -0.3 is 19.7 Å². The second-order valence-electron chi connectivity index (χ2n) is 6.79. The topological polar surface area (TPSA) is 124 Å². The lowest BCUT2D eigenvalue weighted by molar-refractivity contribution is -0.144. The van der Waals surface area contributed by atoms with Crippen LogP contribution >= 0.6 is 0 Å². The zero-order valence-electron chi connectivity index (χ0n) is 17.4. The molecule has 2 amide bonds. The molecule has 1 aliphatic rings. The van der Waals surface area contributed by atoms with E-state index in [9.17, 15) is 14.4 Å². The number of carbonyl (C=O) groups is 3. The second kappa shape index (κ2) is 11.9. The summed E-state index contributed by atoms with van der Waals surface area (Å²) < 4.78 is 9.42. The first-order valence-electron chi connectivity index (χ1n) is 9.85. The Balaban J connectivity index is 1.69. The summed E-state index contributed by atoms with van der Waals surface area (Å²) in [6, 6.07) is 6.62.